The lowest BCUT2D eigenvalue weighted by Crippen LogP contribution is -2.25. The van der Waals surface area contributed by atoms with Gasteiger partial charge in [-0.1, -0.05) is 6.92 Å². The third-order valence-electron chi connectivity index (χ3n) is 3.62. The minimum absolute atomic E-state index is 0.290. The number of hydrogen-bond donors (Lipinski definition) is 1. The normalized spacial score (nSPS) is 16.1. The van der Waals surface area contributed by atoms with E-state index in [1.54, 1.807) is 11.3 Å². The Kier molecular flexibility index (Phi) is 4.03. The zero-order valence-electron chi connectivity index (χ0n) is 11.8. The van der Waals surface area contributed by atoms with Gasteiger partial charge >= 0.3 is 0 Å². The molecular formula is C14H20N4OS. The van der Waals surface area contributed by atoms with Crippen LogP contribution in [-0.4, -0.2) is 41.1 Å². The number of nitrogens with zero attached hydrogens (tertiary/aromatic N) is 3. The molecular weight excluding hydrogens is 272 g/mol. The highest BCUT2D eigenvalue weighted by atomic mass is 32.1. The van der Waals surface area contributed by atoms with Crippen LogP contribution in [0.5, 0.6) is 5.88 Å². The van der Waals surface area contributed by atoms with Gasteiger partial charge in [-0.3, -0.25) is 4.90 Å². The maximum atomic E-state index is 5.85. The highest BCUT2D eigenvalue weighted by Gasteiger charge is 2.14. The first-order valence-electron chi connectivity index (χ1n) is 7.17. The van der Waals surface area contributed by atoms with E-state index in [1.165, 1.54) is 30.8 Å². The molecule has 0 saturated carbocycles. The number of thiophene rings is 1. The Morgan fingerprint density at radius 1 is 1.35 bits per heavy atom. The van der Waals surface area contributed by atoms with Crippen molar-refractivity contribution in [3.05, 3.63) is 10.9 Å². The fourth-order valence-corrected chi connectivity index (χ4v) is 3.49. The van der Waals surface area contributed by atoms with Crippen LogP contribution in [0.3, 0.4) is 0 Å². The molecule has 3 heterocycles. The minimum atomic E-state index is 0.290. The van der Waals surface area contributed by atoms with E-state index >= 15 is 0 Å². The summed E-state index contributed by atoms with van der Waals surface area (Å²) < 4.78 is 5.85. The molecule has 0 amide bonds. The summed E-state index contributed by atoms with van der Waals surface area (Å²) >= 11 is 1.66. The average Bonchev–Trinajstić information content (AvgIpc) is 3.06. The summed E-state index contributed by atoms with van der Waals surface area (Å²) in [5, 5.41) is 0.988. The van der Waals surface area contributed by atoms with Crippen LogP contribution in [0.1, 0.15) is 24.6 Å². The second-order valence-corrected chi connectivity index (χ2v) is 6.18. The van der Waals surface area contributed by atoms with E-state index in [-0.39, 0.29) is 5.95 Å². The Morgan fingerprint density at radius 3 is 2.90 bits per heavy atom. The second-order valence-electron chi connectivity index (χ2n) is 5.07. The predicted octanol–water partition coefficient (Wildman–Crippen LogP) is 2.31. The molecule has 6 heteroatoms. The van der Waals surface area contributed by atoms with E-state index in [1.807, 2.05) is 0 Å². The fourth-order valence-electron chi connectivity index (χ4n) is 2.52. The van der Waals surface area contributed by atoms with Crippen LogP contribution in [0.2, 0.25) is 0 Å². The Morgan fingerprint density at radius 2 is 2.15 bits per heavy atom. The molecule has 1 saturated heterocycles. The standard InChI is InChI=1S/C14H20N4OS/c1-2-10-9-11-12(16-14(15)17-13(11)20-10)19-8-7-18-5-3-4-6-18/h9H,2-8H2,1H3,(H2,15,16,17). The molecule has 108 valence electrons. The van der Waals surface area contributed by atoms with E-state index in [9.17, 15) is 0 Å². The summed E-state index contributed by atoms with van der Waals surface area (Å²) in [7, 11) is 0. The van der Waals surface area contributed by atoms with E-state index in [4.69, 9.17) is 10.5 Å². The summed E-state index contributed by atoms with van der Waals surface area (Å²) in [5.41, 5.74) is 5.76. The van der Waals surface area contributed by atoms with E-state index < -0.39 is 0 Å². The van der Waals surface area contributed by atoms with Gasteiger partial charge < -0.3 is 10.5 Å². The molecule has 20 heavy (non-hydrogen) atoms. The van der Waals surface area contributed by atoms with Gasteiger partial charge in [0.1, 0.15) is 11.4 Å². The van der Waals surface area contributed by atoms with E-state index in [0.29, 0.717) is 12.5 Å². The Hall–Kier alpha value is -1.40. The van der Waals surface area contributed by atoms with Crippen molar-refractivity contribution in [3.63, 3.8) is 0 Å². The fraction of sp³-hybridized carbons (Fsp3) is 0.571. The van der Waals surface area contributed by atoms with Gasteiger partial charge in [0.15, 0.2) is 0 Å². The Balaban J connectivity index is 1.73. The first kappa shape index (κ1) is 13.6. The van der Waals surface area contributed by atoms with Gasteiger partial charge in [-0.05, 0) is 38.4 Å². The van der Waals surface area contributed by atoms with Crippen molar-refractivity contribution in [2.45, 2.75) is 26.2 Å². The molecule has 2 N–H and O–H groups in total. The summed E-state index contributed by atoms with van der Waals surface area (Å²) in [6.07, 6.45) is 3.60. The van der Waals surface area contributed by atoms with Crippen molar-refractivity contribution < 1.29 is 4.74 Å². The quantitative estimate of drug-likeness (QED) is 0.916. The topological polar surface area (TPSA) is 64.3 Å². The van der Waals surface area contributed by atoms with Crippen molar-refractivity contribution in [1.29, 1.82) is 0 Å². The molecule has 0 radical (unpaired) electrons. The monoisotopic (exact) mass is 292 g/mol. The molecule has 5 nitrogen and oxygen atoms in total. The molecule has 0 bridgehead atoms. The zero-order chi connectivity index (χ0) is 13.9. The maximum absolute atomic E-state index is 5.85. The van der Waals surface area contributed by atoms with Crippen LogP contribution in [-0.2, 0) is 6.42 Å². The number of ether oxygens (including phenoxy) is 1. The van der Waals surface area contributed by atoms with Crippen molar-refractivity contribution in [2.75, 3.05) is 32.0 Å². The summed E-state index contributed by atoms with van der Waals surface area (Å²) in [6.45, 7) is 6.11. The van der Waals surface area contributed by atoms with Crippen LogP contribution in [0.4, 0.5) is 5.95 Å². The number of rotatable bonds is 5. The van der Waals surface area contributed by atoms with Crippen molar-refractivity contribution in [2.24, 2.45) is 0 Å². The number of aromatic nitrogens is 2. The van der Waals surface area contributed by atoms with Gasteiger partial charge in [0.2, 0.25) is 11.8 Å². The first-order chi connectivity index (χ1) is 9.76. The van der Waals surface area contributed by atoms with E-state index in [2.05, 4.69) is 27.9 Å². The molecule has 0 unspecified atom stereocenters. The lowest BCUT2D eigenvalue weighted by atomic mass is 10.3. The van der Waals surface area contributed by atoms with Crippen LogP contribution in [0.15, 0.2) is 6.07 Å². The van der Waals surface area contributed by atoms with Gasteiger partial charge in [-0.15, -0.1) is 11.3 Å². The van der Waals surface area contributed by atoms with Crippen LogP contribution >= 0.6 is 11.3 Å². The van der Waals surface area contributed by atoms with Crippen molar-refractivity contribution in [3.8, 4) is 5.88 Å². The Labute approximate surface area is 122 Å². The summed E-state index contributed by atoms with van der Waals surface area (Å²) in [4.78, 5) is 13.2. The van der Waals surface area contributed by atoms with Crippen LogP contribution in [0.25, 0.3) is 10.2 Å². The molecule has 2 aromatic heterocycles. The molecule has 1 fully saturated rings. The second kappa shape index (κ2) is 5.93. The number of fused-ring (bicyclic) bond motifs is 1. The third-order valence-corrected chi connectivity index (χ3v) is 4.79. The molecule has 2 aromatic rings. The minimum Gasteiger partial charge on any atom is -0.476 e. The number of anilines is 1. The molecule has 0 atom stereocenters. The van der Waals surface area contributed by atoms with Crippen molar-refractivity contribution in [1.82, 2.24) is 14.9 Å². The van der Waals surface area contributed by atoms with Gasteiger partial charge in [-0.2, -0.15) is 4.98 Å². The molecule has 0 aliphatic carbocycles. The largest absolute Gasteiger partial charge is 0.476 e. The predicted molar refractivity (Wildman–Crippen MR) is 82.4 cm³/mol. The lowest BCUT2D eigenvalue weighted by Gasteiger charge is -2.14. The lowest BCUT2D eigenvalue weighted by molar-refractivity contribution is 0.234. The zero-order valence-corrected chi connectivity index (χ0v) is 12.6. The highest BCUT2D eigenvalue weighted by Crippen LogP contribution is 2.31. The molecule has 1 aliphatic heterocycles. The summed E-state index contributed by atoms with van der Waals surface area (Å²) in [5.74, 6) is 0.917. The maximum Gasteiger partial charge on any atom is 0.227 e. The number of likely N-dealkylation sites (tertiary alicyclic amines) is 1. The molecule has 0 aromatic carbocycles. The number of aryl methyl sites for hydroxylation is 1. The molecule has 1 aliphatic rings. The van der Waals surface area contributed by atoms with Gasteiger partial charge in [-0.25, -0.2) is 4.98 Å². The third kappa shape index (κ3) is 2.86. The number of nitrogens with two attached hydrogens (primary N) is 1. The van der Waals surface area contributed by atoms with E-state index in [0.717, 1.165) is 23.2 Å². The van der Waals surface area contributed by atoms with Gasteiger partial charge in [0.25, 0.3) is 0 Å². The highest BCUT2D eigenvalue weighted by molar-refractivity contribution is 7.18. The smallest absolute Gasteiger partial charge is 0.227 e. The van der Waals surface area contributed by atoms with Crippen molar-refractivity contribution >= 4 is 27.5 Å². The Bertz CT molecular complexity index is 592. The average molecular weight is 292 g/mol. The SMILES string of the molecule is CCc1cc2c(OCCN3CCCC3)nc(N)nc2s1. The first-order valence-corrected chi connectivity index (χ1v) is 7.99. The van der Waals surface area contributed by atoms with Crippen LogP contribution in [0, 0.1) is 0 Å². The molecule has 0 spiro atoms. The van der Waals surface area contributed by atoms with Crippen LogP contribution < -0.4 is 10.5 Å². The molecule has 3 rings (SSSR count). The number of nitrogen functional groups attached to an aromatic ring is 1. The van der Waals surface area contributed by atoms with Gasteiger partial charge in [0.05, 0.1) is 5.39 Å². The van der Waals surface area contributed by atoms with Gasteiger partial charge in [0, 0.05) is 11.4 Å². The summed E-state index contributed by atoms with van der Waals surface area (Å²) in [6, 6.07) is 2.12. The number of hydrogen-bond acceptors (Lipinski definition) is 6.